The quantitative estimate of drug-likeness (QED) is 0.817. The Morgan fingerprint density at radius 1 is 1.36 bits per heavy atom. The number of aromatic nitrogens is 2. The Balaban J connectivity index is 1.59. The smallest absolute Gasteiger partial charge is 0.235 e. The highest BCUT2D eigenvalue weighted by molar-refractivity contribution is 5.95. The maximum absolute atomic E-state index is 14.2. The molecule has 3 aliphatic carbocycles. The van der Waals surface area contributed by atoms with Gasteiger partial charge in [0.05, 0.1) is 34.9 Å². The number of hydrogen-bond donors (Lipinski definition) is 0. The van der Waals surface area contributed by atoms with Gasteiger partial charge in [0.25, 0.3) is 0 Å². The number of benzene rings is 1. The molecule has 0 spiro atoms. The van der Waals surface area contributed by atoms with Gasteiger partial charge in [-0.15, -0.1) is 5.10 Å². The Morgan fingerprint density at radius 2 is 2.07 bits per heavy atom. The van der Waals surface area contributed by atoms with E-state index in [9.17, 15) is 13.6 Å². The highest BCUT2D eigenvalue weighted by atomic mass is 19.1. The second-order valence-electron chi connectivity index (χ2n) is 8.24. The van der Waals surface area contributed by atoms with Crippen LogP contribution in [0.3, 0.4) is 0 Å². The molecule has 28 heavy (non-hydrogen) atoms. The van der Waals surface area contributed by atoms with Crippen LogP contribution >= 0.6 is 0 Å². The van der Waals surface area contributed by atoms with Gasteiger partial charge in [0.15, 0.2) is 0 Å². The van der Waals surface area contributed by atoms with E-state index in [2.05, 4.69) is 23.2 Å². The number of nitriles is 1. The molecule has 5 rings (SSSR count). The summed E-state index contributed by atoms with van der Waals surface area (Å²) in [6, 6.07) is 7.47. The van der Waals surface area contributed by atoms with E-state index in [0.717, 1.165) is 12.0 Å². The van der Waals surface area contributed by atoms with Crippen molar-refractivity contribution < 1.29 is 13.6 Å². The fourth-order valence-corrected chi connectivity index (χ4v) is 5.73. The summed E-state index contributed by atoms with van der Waals surface area (Å²) in [5.74, 6) is -0.853. The molecule has 142 valence electrons. The maximum Gasteiger partial charge on any atom is 0.235 e. The minimum Gasteiger partial charge on any atom is -0.344 e. The molecule has 1 aromatic heterocycles. The van der Waals surface area contributed by atoms with Gasteiger partial charge in [-0.2, -0.15) is 10.4 Å². The van der Waals surface area contributed by atoms with E-state index in [1.54, 1.807) is 18.0 Å². The first-order valence-corrected chi connectivity index (χ1v) is 9.33. The van der Waals surface area contributed by atoms with Gasteiger partial charge in [-0.1, -0.05) is 13.0 Å². The molecule has 0 saturated heterocycles. The van der Waals surface area contributed by atoms with Gasteiger partial charge in [0, 0.05) is 13.6 Å². The third-order valence-electron chi connectivity index (χ3n) is 7.21. The molecule has 4 atom stereocenters. The second kappa shape index (κ2) is 5.34. The lowest BCUT2D eigenvalue weighted by atomic mass is 9.58. The third kappa shape index (κ3) is 1.76. The number of halogens is 2. The van der Waals surface area contributed by atoms with Crippen LogP contribution in [0.15, 0.2) is 24.3 Å². The molecule has 2 saturated carbocycles. The van der Waals surface area contributed by atoms with Gasteiger partial charge in [0.2, 0.25) is 5.91 Å². The van der Waals surface area contributed by atoms with Gasteiger partial charge < -0.3 is 4.90 Å². The summed E-state index contributed by atoms with van der Waals surface area (Å²) in [5, 5.41) is 17.2. The molecular weight excluding hydrogens is 362 g/mol. The molecule has 4 unspecified atom stereocenters. The fraction of sp³-hybridized carbons (Fsp3) is 0.429. The molecule has 1 aromatic carbocycles. The molecule has 3 aliphatic rings. The van der Waals surface area contributed by atoms with E-state index in [0.29, 0.717) is 18.2 Å². The van der Waals surface area contributed by atoms with Crippen molar-refractivity contribution in [2.45, 2.75) is 31.1 Å². The molecule has 0 aliphatic heterocycles. The third-order valence-corrected chi connectivity index (χ3v) is 7.21. The van der Waals surface area contributed by atoms with E-state index in [1.165, 1.54) is 18.2 Å². The molecule has 0 bridgehead atoms. The number of fused-ring (bicyclic) bond motifs is 4. The van der Waals surface area contributed by atoms with Crippen molar-refractivity contribution in [2.75, 3.05) is 13.6 Å². The van der Waals surface area contributed by atoms with Crippen molar-refractivity contribution >= 4 is 5.91 Å². The molecule has 1 heterocycles. The number of likely N-dealkylation sites (N-methyl/N-ethyl adjacent to an activating group) is 1. The largest absolute Gasteiger partial charge is 0.344 e. The Kier molecular flexibility index (Phi) is 3.29. The van der Waals surface area contributed by atoms with Crippen LogP contribution in [0.25, 0.3) is 11.3 Å². The highest BCUT2D eigenvalue weighted by Crippen LogP contribution is 2.89. The Bertz CT molecular complexity index is 1060. The fourth-order valence-electron chi connectivity index (χ4n) is 5.73. The van der Waals surface area contributed by atoms with Crippen LogP contribution in [0.2, 0.25) is 0 Å². The summed E-state index contributed by atoms with van der Waals surface area (Å²) >= 11 is 0. The van der Waals surface area contributed by atoms with E-state index in [1.807, 2.05) is 0 Å². The van der Waals surface area contributed by atoms with Crippen LogP contribution in [0.5, 0.6) is 0 Å². The van der Waals surface area contributed by atoms with Gasteiger partial charge in [-0.3, -0.25) is 4.79 Å². The predicted molar refractivity (Wildman–Crippen MR) is 95.9 cm³/mol. The average Bonchev–Trinajstić information content (AvgIpc) is 3.11. The van der Waals surface area contributed by atoms with Gasteiger partial charge in [0.1, 0.15) is 11.6 Å². The molecule has 7 heteroatoms. The molecule has 5 nitrogen and oxygen atoms in total. The normalized spacial score (nSPS) is 30.7. The Morgan fingerprint density at radius 3 is 2.75 bits per heavy atom. The Hall–Kier alpha value is -2.88. The first-order valence-electron chi connectivity index (χ1n) is 9.33. The molecule has 0 radical (unpaired) electrons. The number of hydrogen-bond acceptors (Lipinski definition) is 4. The van der Waals surface area contributed by atoms with E-state index in [-0.39, 0.29) is 34.9 Å². The predicted octanol–water partition coefficient (Wildman–Crippen LogP) is 3.17. The topological polar surface area (TPSA) is 69.9 Å². The zero-order valence-electron chi connectivity index (χ0n) is 15.5. The van der Waals surface area contributed by atoms with Crippen molar-refractivity contribution in [3.8, 4) is 17.3 Å². The summed E-state index contributed by atoms with van der Waals surface area (Å²) in [6.45, 7) is 2.46. The van der Waals surface area contributed by atoms with Gasteiger partial charge >= 0.3 is 0 Å². The summed E-state index contributed by atoms with van der Waals surface area (Å²) in [7, 11) is 1.71. The van der Waals surface area contributed by atoms with Crippen molar-refractivity contribution in [1.82, 2.24) is 15.1 Å². The van der Waals surface area contributed by atoms with Crippen LogP contribution < -0.4 is 0 Å². The van der Waals surface area contributed by atoms with E-state index < -0.39 is 17.0 Å². The molecule has 0 N–H and O–H groups in total. The monoisotopic (exact) mass is 380 g/mol. The lowest BCUT2D eigenvalue weighted by Crippen LogP contribution is -2.56. The molecular formula is C21H18F2N4O. The summed E-state index contributed by atoms with van der Waals surface area (Å²) in [4.78, 5) is 14.9. The first kappa shape index (κ1) is 17.2. The zero-order chi connectivity index (χ0) is 19.8. The number of amides is 1. The van der Waals surface area contributed by atoms with E-state index in [4.69, 9.17) is 5.26 Å². The van der Waals surface area contributed by atoms with Crippen LogP contribution in [-0.2, 0) is 10.2 Å². The SMILES string of the molecule is CN(CCC#N)C(=O)C12CC3C(c4cc(-c5c(F)cccc5F)nnc41)C32C. The number of carbonyl (C=O) groups is 1. The van der Waals surface area contributed by atoms with Crippen LogP contribution in [0, 0.1) is 34.3 Å². The second-order valence-corrected chi connectivity index (χ2v) is 8.24. The van der Waals surface area contributed by atoms with Crippen molar-refractivity contribution in [2.24, 2.45) is 11.3 Å². The average molecular weight is 380 g/mol. The van der Waals surface area contributed by atoms with Crippen molar-refractivity contribution in [3.63, 3.8) is 0 Å². The minimum atomic E-state index is -0.735. The zero-order valence-corrected chi connectivity index (χ0v) is 15.5. The van der Waals surface area contributed by atoms with Crippen molar-refractivity contribution in [1.29, 1.82) is 5.26 Å². The summed E-state index contributed by atoms with van der Waals surface area (Å²) in [5.41, 5.74) is 0.540. The Labute approximate surface area is 161 Å². The standard InChI is InChI=1S/C21H18F2N4O/c1-20-12-10-21(20,19(28)27(2)8-4-7-24)18-11(17(12)20)9-15(25-26-18)16-13(22)5-3-6-14(16)23/h3,5-6,9,12,17H,4,8,10H2,1-2H3. The lowest BCUT2D eigenvalue weighted by Gasteiger charge is -2.46. The minimum absolute atomic E-state index is 0.0399. The number of rotatable bonds is 4. The van der Waals surface area contributed by atoms with Crippen LogP contribution in [0.4, 0.5) is 8.78 Å². The summed E-state index contributed by atoms with van der Waals surface area (Å²) < 4.78 is 28.4. The molecule has 2 aromatic rings. The number of carbonyl (C=O) groups excluding carboxylic acids is 1. The summed E-state index contributed by atoms with van der Waals surface area (Å²) in [6.07, 6.45) is 0.991. The number of nitrogens with zero attached hydrogens (tertiary/aromatic N) is 4. The highest BCUT2D eigenvalue weighted by Gasteiger charge is 2.88. The van der Waals surface area contributed by atoms with Gasteiger partial charge in [-0.05, 0) is 47.4 Å². The van der Waals surface area contributed by atoms with Crippen molar-refractivity contribution in [3.05, 3.63) is 47.2 Å². The van der Waals surface area contributed by atoms with Crippen LogP contribution in [-0.4, -0.2) is 34.6 Å². The van der Waals surface area contributed by atoms with Crippen LogP contribution in [0.1, 0.15) is 36.9 Å². The van der Waals surface area contributed by atoms with Gasteiger partial charge in [-0.25, -0.2) is 8.78 Å². The molecule has 1 amide bonds. The van der Waals surface area contributed by atoms with E-state index >= 15 is 0 Å². The maximum atomic E-state index is 14.2. The first-order chi connectivity index (χ1) is 13.4. The molecule has 2 fully saturated rings. The lowest BCUT2D eigenvalue weighted by molar-refractivity contribution is -0.143.